The van der Waals surface area contributed by atoms with Crippen LogP contribution in [0.1, 0.15) is 16.7 Å². The Balaban J connectivity index is 1.69. The van der Waals surface area contributed by atoms with Crippen molar-refractivity contribution in [1.29, 1.82) is 5.26 Å². The fraction of sp³-hybridized carbons (Fsp3) is 0.0800. The van der Waals surface area contributed by atoms with Crippen LogP contribution < -0.4 is 5.32 Å². The van der Waals surface area contributed by atoms with Gasteiger partial charge in [-0.1, -0.05) is 48.5 Å². The van der Waals surface area contributed by atoms with E-state index in [-0.39, 0.29) is 5.82 Å². The van der Waals surface area contributed by atoms with Crippen LogP contribution in [0.4, 0.5) is 10.1 Å². The second-order valence-electron chi connectivity index (χ2n) is 7.29. The lowest BCUT2D eigenvalue weighted by molar-refractivity contribution is 0.625. The number of H-pyrrole nitrogens is 1. The van der Waals surface area contributed by atoms with Crippen molar-refractivity contribution in [3.63, 3.8) is 0 Å². The van der Waals surface area contributed by atoms with E-state index < -0.39 is 6.04 Å². The maximum absolute atomic E-state index is 14.8. The van der Waals surface area contributed by atoms with Gasteiger partial charge in [-0.2, -0.15) is 5.26 Å². The SMILES string of the molecule is N#CNC1=Nc2ccccc2C(c2ccccc2F)=N[C@@H]1Cc1c[nH]c2ccccc12. The van der Waals surface area contributed by atoms with Crippen LogP contribution >= 0.6 is 0 Å². The number of para-hydroxylation sites is 2. The fourth-order valence-electron chi connectivity index (χ4n) is 3.95. The van der Waals surface area contributed by atoms with Gasteiger partial charge in [0.15, 0.2) is 6.19 Å². The third kappa shape index (κ3) is 3.47. The van der Waals surface area contributed by atoms with Gasteiger partial charge in [-0.3, -0.25) is 10.3 Å². The standard InChI is InChI=1S/C25H18FN5/c26-20-10-4-1-8-18(20)24-19-9-3-6-12-22(19)31-25(29-15-27)23(30-24)13-16-14-28-21-11-5-2-7-17(16)21/h1-12,14,23,28H,13H2,(H,29,31)/t23-/m1/s1. The van der Waals surface area contributed by atoms with Gasteiger partial charge >= 0.3 is 0 Å². The average molecular weight is 407 g/mol. The van der Waals surface area contributed by atoms with Crippen LogP contribution in [0.25, 0.3) is 10.9 Å². The van der Waals surface area contributed by atoms with Gasteiger partial charge in [0, 0.05) is 34.6 Å². The van der Waals surface area contributed by atoms with Crippen molar-refractivity contribution in [3.05, 3.63) is 102 Å². The van der Waals surface area contributed by atoms with Gasteiger partial charge in [0.1, 0.15) is 17.7 Å². The molecule has 6 heteroatoms. The van der Waals surface area contributed by atoms with E-state index in [1.807, 2.05) is 60.9 Å². The Labute approximate surface area is 178 Å². The van der Waals surface area contributed by atoms with Crippen molar-refractivity contribution in [1.82, 2.24) is 10.3 Å². The number of fused-ring (bicyclic) bond motifs is 2. The van der Waals surface area contributed by atoms with E-state index in [1.54, 1.807) is 18.2 Å². The molecule has 0 radical (unpaired) electrons. The Bertz CT molecular complexity index is 1380. The molecule has 0 unspecified atom stereocenters. The van der Waals surface area contributed by atoms with Crippen LogP contribution in [0.2, 0.25) is 0 Å². The van der Waals surface area contributed by atoms with Crippen LogP contribution in [0, 0.1) is 17.3 Å². The normalized spacial score (nSPS) is 15.4. The van der Waals surface area contributed by atoms with Crippen molar-refractivity contribution in [2.45, 2.75) is 12.5 Å². The second-order valence-corrected chi connectivity index (χ2v) is 7.29. The first-order valence-electron chi connectivity index (χ1n) is 9.95. The van der Waals surface area contributed by atoms with Crippen molar-refractivity contribution in [3.8, 4) is 6.19 Å². The van der Waals surface area contributed by atoms with Crippen LogP contribution in [-0.4, -0.2) is 22.6 Å². The summed E-state index contributed by atoms with van der Waals surface area (Å²) >= 11 is 0. The Kier molecular flexibility index (Phi) is 4.77. The number of rotatable bonds is 3. The summed E-state index contributed by atoms with van der Waals surface area (Å²) in [7, 11) is 0. The van der Waals surface area contributed by atoms with E-state index >= 15 is 0 Å². The lowest BCUT2D eigenvalue weighted by Gasteiger charge is -2.14. The molecule has 2 N–H and O–H groups in total. The van der Waals surface area contributed by atoms with Gasteiger partial charge < -0.3 is 4.98 Å². The first kappa shape index (κ1) is 18.8. The number of nitriles is 1. The predicted molar refractivity (Wildman–Crippen MR) is 120 cm³/mol. The molecule has 31 heavy (non-hydrogen) atoms. The lowest BCUT2D eigenvalue weighted by Crippen LogP contribution is -2.32. The predicted octanol–water partition coefficient (Wildman–Crippen LogP) is 4.87. The molecular weight excluding hydrogens is 389 g/mol. The number of aromatic amines is 1. The molecule has 1 aliphatic heterocycles. The lowest BCUT2D eigenvalue weighted by atomic mass is 9.99. The van der Waals surface area contributed by atoms with E-state index in [9.17, 15) is 9.65 Å². The van der Waals surface area contributed by atoms with E-state index in [0.29, 0.717) is 29.2 Å². The number of aliphatic imine (C=N–C) groups is 2. The monoisotopic (exact) mass is 407 g/mol. The highest BCUT2D eigenvalue weighted by molar-refractivity contribution is 6.18. The summed E-state index contributed by atoms with van der Waals surface area (Å²) in [4.78, 5) is 12.9. The minimum Gasteiger partial charge on any atom is -0.361 e. The average Bonchev–Trinajstić information content (AvgIpc) is 3.13. The third-order valence-corrected chi connectivity index (χ3v) is 5.40. The largest absolute Gasteiger partial charge is 0.361 e. The number of halogens is 1. The fourth-order valence-corrected chi connectivity index (χ4v) is 3.95. The van der Waals surface area contributed by atoms with Crippen molar-refractivity contribution in [2.24, 2.45) is 9.98 Å². The van der Waals surface area contributed by atoms with Crippen LogP contribution in [0.3, 0.4) is 0 Å². The van der Waals surface area contributed by atoms with Gasteiger partial charge in [0.2, 0.25) is 0 Å². The van der Waals surface area contributed by atoms with Crippen LogP contribution in [0.5, 0.6) is 0 Å². The molecule has 150 valence electrons. The molecule has 1 aromatic heterocycles. The molecule has 1 aliphatic rings. The molecular formula is C25H18FN5. The number of benzene rings is 3. The molecule has 1 atom stereocenters. The third-order valence-electron chi connectivity index (χ3n) is 5.40. The van der Waals surface area contributed by atoms with E-state index in [2.05, 4.69) is 10.3 Å². The quantitative estimate of drug-likeness (QED) is 0.375. The minimum absolute atomic E-state index is 0.349. The highest BCUT2D eigenvalue weighted by Gasteiger charge is 2.25. The molecule has 0 fully saturated rings. The zero-order chi connectivity index (χ0) is 21.2. The number of hydrogen-bond acceptors (Lipinski definition) is 4. The summed E-state index contributed by atoms with van der Waals surface area (Å²) in [5, 5.41) is 13.1. The molecule has 5 nitrogen and oxygen atoms in total. The molecule has 0 amide bonds. The zero-order valence-corrected chi connectivity index (χ0v) is 16.5. The Morgan fingerprint density at radius 2 is 1.71 bits per heavy atom. The molecule has 0 bridgehead atoms. The number of nitrogens with one attached hydrogen (secondary N) is 2. The molecule has 2 heterocycles. The summed E-state index contributed by atoms with van der Waals surface area (Å²) in [6, 6.07) is 21.6. The molecule has 0 saturated heterocycles. The molecule has 3 aromatic carbocycles. The summed E-state index contributed by atoms with van der Waals surface area (Å²) in [5.41, 5.74) is 4.38. The van der Waals surface area contributed by atoms with Gasteiger partial charge in [0.25, 0.3) is 0 Å². The highest BCUT2D eigenvalue weighted by Crippen LogP contribution is 2.29. The molecule has 0 spiro atoms. The second kappa shape index (κ2) is 7.88. The number of amidine groups is 1. The molecule has 0 aliphatic carbocycles. The number of nitrogens with zero attached hydrogens (tertiary/aromatic N) is 3. The maximum atomic E-state index is 14.8. The summed E-state index contributed by atoms with van der Waals surface area (Å²) in [6.07, 6.45) is 4.43. The summed E-state index contributed by atoms with van der Waals surface area (Å²) in [6.45, 7) is 0. The minimum atomic E-state index is -0.485. The summed E-state index contributed by atoms with van der Waals surface area (Å²) < 4.78 is 14.8. The first-order chi connectivity index (χ1) is 15.2. The smallest absolute Gasteiger partial charge is 0.182 e. The highest BCUT2D eigenvalue weighted by atomic mass is 19.1. The van der Waals surface area contributed by atoms with Gasteiger partial charge in [0.05, 0.1) is 11.4 Å². The Morgan fingerprint density at radius 3 is 2.55 bits per heavy atom. The van der Waals surface area contributed by atoms with Gasteiger partial charge in [-0.05, 0) is 29.8 Å². The first-order valence-corrected chi connectivity index (χ1v) is 9.95. The molecule has 0 saturated carbocycles. The van der Waals surface area contributed by atoms with E-state index in [1.165, 1.54) is 6.07 Å². The van der Waals surface area contributed by atoms with Crippen molar-refractivity contribution >= 4 is 28.1 Å². The van der Waals surface area contributed by atoms with Crippen molar-refractivity contribution < 1.29 is 4.39 Å². The van der Waals surface area contributed by atoms with Gasteiger partial charge in [-0.25, -0.2) is 9.38 Å². The number of hydrogen-bond donors (Lipinski definition) is 2. The topological polar surface area (TPSA) is 76.3 Å². The zero-order valence-electron chi connectivity index (χ0n) is 16.5. The Hall–Kier alpha value is -4.24. The van der Waals surface area contributed by atoms with Crippen LogP contribution in [0.15, 0.2) is 89.0 Å². The molecule has 4 aromatic rings. The van der Waals surface area contributed by atoms with Crippen LogP contribution in [-0.2, 0) is 6.42 Å². The van der Waals surface area contributed by atoms with Crippen molar-refractivity contribution in [2.75, 3.05) is 0 Å². The van der Waals surface area contributed by atoms with Gasteiger partial charge in [-0.15, -0.1) is 0 Å². The maximum Gasteiger partial charge on any atom is 0.182 e. The molecule has 5 rings (SSSR count). The van der Waals surface area contributed by atoms with E-state index in [4.69, 9.17) is 9.98 Å². The summed E-state index contributed by atoms with van der Waals surface area (Å²) in [5.74, 6) is 0.0881. The Morgan fingerprint density at radius 1 is 0.968 bits per heavy atom. The number of aromatic nitrogens is 1. The van der Waals surface area contributed by atoms with E-state index in [0.717, 1.165) is 22.0 Å².